The molecule has 0 N–H and O–H groups in total. The molecule has 0 amide bonds. The fourth-order valence-corrected chi connectivity index (χ4v) is 2.76. The summed E-state index contributed by atoms with van der Waals surface area (Å²) >= 11 is 3.57. The highest BCUT2D eigenvalue weighted by Gasteiger charge is 2.15. The van der Waals surface area contributed by atoms with Crippen molar-refractivity contribution in [3.63, 3.8) is 0 Å². The summed E-state index contributed by atoms with van der Waals surface area (Å²) in [6.07, 6.45) is 3.03. The Hall–Kier alpha value is -1.03. The smallest absolute Gasteiger partial charge is 0.144 e. The molecule has 0 aliphatic rings. The third-order valence-corrected chi connectivity index (χ3v) is 3.32. The minimum Gasteiger partial charge on any atom is -0.495 e. The minimum atomic E-state index is 0.612. The molecule has 1 heterocycles. The Bertz CT molecular complexity index is 546. The van der Waals surface area contributed by atoms with Crippen LogP contribution in [0.5, 0.6) is 5.75 Å². The van der Waals surface area contributed by atoms with Gasteiger partial charge in [-0.25, -0.2) is 0 Å². The van der Waals surface area contributed by atoms with Crippen molar-refractivity contribution in [2.24, 2.45) is 13.0 Å². The molecule has 0 atom stereocenters. The van der Waals surface area contributed by atoms with E-state index >= 15 is 0 Å². The van der Waals surface area contributed by atoms with Gasteiger partial charge in [0.1, 0.15) is 5.75 Å². The molecule has 0 aliphatic carbocycles. The zero-order chi connectivity index (χ0) is 12.6. The largest absolute Gasteiger partial charge is 0.495 e. The molecule has 92 valence electrons. The number of hydrogen-bond donors (Lipinski definition) is 0. The lowest BCUT2D eigenvalue weighted by Crippen LogP contribution is -1.97. The van der Waals surface area contributed by atoms with Crippen LogP contribution in [0.4, 0.5) is 0 Å². The molecule has 4 heteroatoms. The van der Waals surface area contributed by atoms with Crippen LogP contribution in [0.3, 0.4) is 0 Å². The summed E-state index contributed by atoms with van der Waals surface area (Å²) in [6, 6.07) is 2.12. The second-order valence-corrected chi connectivity index (χ2v) is 5.57. The lowest BCUT2D eigenvalue weighted by atomic mass is 10.0. The predicted octanol–water partition coefficient (Wildman–Crippen LogP) is 3.54. The van der Waals surface area contributed by atoms with Crippen LogP contribution in [-0.4, -0.2) is 16.9 Å². The third-order valence-electron chi connectivity index (χ3n) is 2.73. The summed E-state index contributed by atoms with van der Waals surface area (Å²) in [4.78, 5) is 0. The monoisotopic (exact) mass is 296 g/mol. The van der Waals surface area contributed by atoms with Crippen molar-refractivity contribution in [3.8, 4) is 5.75 Å². The van der Waals surface area contributed by atoms with Gasteiger partial charge in [0.2, 0.25) is 0 Å². The number of halogens is 1. The van der Waals surface area contributed by atoms with Gasteiger partial charge < -0.3 is 4.74 Å². The van der Waals surface area contributed by atoms with Crippen molar-refractivity contribution in [1.82, 2.24) is 9.78 Å². The van der Waals surface area contributed by atoms with Crippen LogP contribution in [0.25, 0.3) is 10.9 Å². The van der Waals surface area contributed by atoms with Gasteiger partial charge in [0, 0.05) is 13.2 Å². The van der Waals surface area contributed by atoms with Gasteiger partial charge in [-0.1, -0.05) is 13.8 Å². The number of benzene rings is 1. The first-order valence-corrected chi connectivity index (χ1v) is 6.51. The van der Waals surface area contributed by atoms with Gasteiger partial charge in [0.25, 0.3) is 0 Å². The molecule has 1 aromatic heterocycles. The van der Waals surface area contributed by atoms with Gasteiger partial charge in [-0.2, -0.15) is 5.10 Å². The highest BCUT2D eigenvalue weighted by atomic mass is 79.9. The number of rotatable bonds is 3. The molecule has 2 rings (SSSR count). The third kappa shape index (κ3) is 2.32. The van der Waals surface area contributed by atoms with E-state index in [0.29, 0.717) is 5.92 Å². The topological polar surface area (TPSA) is 27.1 Å². The number of aryl methyl sites for hydroxylation is 1. The van der Waals surface area contributed by atoms with E-state index < -0.39 is 0 Å². The van der Waals surface area contributed by atoms with Gasteiger partial charge >= 0.3 is 0 Å². The van der Waals surface area contributed by atoms with E-state index in [0.717, 1.165) is 27.5 Å². The maximum Gasteiger partial charge on any atom is 0.144 e. The highest BCUT2D eigenvalue weighted by Crippen LogP contribution is 2.36. The fraction of sp³-hybridized carbons (Fsp3) is 0.462. The molecule has 0 aliphatic heterocycles. The Labute approximate surface area is 110 Å². The van der Waals surface area contributed by atoms with Crippen molar-refractivity contribution in [2.75, 3.05) is 7.11 Å². The zero-order valence-corrected chi connectivity index (χ0v) is 12.2. The van der Waals surface area contributed by atoms with Gasteiger partial charge in [0.15, 0.2) is 0 Å². The average Bonchev–Trinajstić information content (AvgIpc) is 2.59. The average molecular weight is 297 g/mol. The number of hydrogen-bond acceptors (Lipinski definition) is 2. The molecule has 0 bridgehead atoms. The van der Waals surface area contributed by atoms with E-state index in [4.69, 9.17) is 4.74 Å². The fourth-order valence-electron chi connectivity index (χ4n) is 2.11. The lowest BCUT2D eigenvalue weighted by Gasteiger charge is -2.10. The van der Waals surface area contributed by atoms with E-state index in [-0.39, 0.29) is 0 Å². The molecule has 0 spiro atoms. The van der Waals surface area contributed by atoms with E-state index in [9.17, 15) is 0 Å². The van der Waals surface area contributed by atoms with E-state index in [1.807, 2.05) is 17.9 Å². The molecule has 0 radical (unpaired) electrons. The standard InChI is InChI=1S/C13H17BrN2O/c1-8(2)5-9-6-11(14)13(17-4)10-7-16(3)15-12(9)10/h6-8H,5H2,1-4H3. The molecule has 17 heavy (non-hydrogen) atoms. The van der Waals surface area contributed by atoms with E-state index in [1.54, 1.807) is 7.11 Å². The van der Waals surface area contributed by atoms with Crippen LogP contribution >= 0.6 is 15.9 Å². The van der Waals surface area contributed by atoms with Crippen molar-refractivity contribution in [3.05, 3.63) is 22.3 Å². The van der Waals surface area contributed by atoms with Crippen LogP contribution in [0.1, 0.15) is 19.4 Å². The molecule has 1 aromatic carbocycles. The summed E-state index contributed by atoms with van der Waals surface area (Å²) in [7, 11) is 3.63. The maximum absolute atomic E-state index is 5.43. The summed E-state index contributed by atoms with van der Waals surface area (Å²) < 4.78 is 8.26. The van der Waals surface area contributed by atoms with Gasteiger partial charge in [-0.15, -0.1) is 0 Å². The van der Waals surface area contributed by atoms with Crippen LogP contribution in [0.2, 0.25) is 0 Å². The number of nitrogens with zero attached hydrogens (tertiary/aromatic N) is 2. The van der Waals surface area contributed by atoms with Crippen molar-refractivity contribution in [1.29, 1.82) is 0 Å². The zero-order valence-electron chi connectivity index (χ0n) is 10.6. The second-order valence-electron chi connectivity index (χ2n) is 4.71. The second kappa shape index (κ2) is 4.69. The van der Waals surface area contributed by atoms with E-state index in [1.165, 1.54) is 5.56 Å². The molecule has 0 unspecified atom stereocenters. The molecule has 2 aromatic rings. The van der Waals surface area contributed by atoms with Crippen molar-refractivity contribution in [2.45, 2.75) is 20.3 Å². The molecular formula is C13H17BrN2O. The summed E-state index contributed by atoms with van der Waals surface area (Å²) in [5.74, 6) is 1.47. The number of aromatic nitrogens is 2. The summed E-state index contributed by atoms with van der Waals surface area (Å²) in [5.41, 5.74) is 2.31. The van der Waals surface area contributed by atoms with Crippen molar-refractivity contribution >= 4 is 26.8 Å². The molecule has 0 saturated heterocycles. The maximum atomic E-state index is 5.43. The Morgan fingerprint density at radius 3 is 2.76 bits per heavy atom. The Balaban J connectivity index is 2.69. The SMILES string of the molecule is COc1c(Br)cc(CC(C)C)c2nn(C)cc12. The first-order valence-electron chi connectivity index (χ1n) is 5.71. The lowest BCUT2D eigenvalue weighted by molar-refractivity contribution is 0.417. The molecular weight excluding hydrogens is 280 g/mol. The normalized spacial score (nSPS) is 11.4. The van der Waals surface area contributed by atoms with E-state index in [2.05, 4.69) is 40.9 Å². The number of ether oxygens (including phenoxy) is 1. The number of fused-ring (bicyclic) bond motifs is 1. The van der Waals surface area contributed by atoms with Crippen molar-refractivity contribution < 1.29 is 4.74 Å². The Morgan fingerprint density at radius 1 is 1.47 bits per heavy atom. The first-order chi connectivity index (χ1) is 8.02. The predicted molar refractivity (Wildman–Crippen MR) is 73.5 cm³/mol. The Kier molecular flexibility index (Phi) is 3.43. The van der Waals surface area contributed by atoms with Crippen LogP contribution in [0, 0.1) is 5.92 Å². The van der Waals surface area contributed by atoms with Gasteiger partial charge in [-0.3, -0.25) is 4.68 Å². The van der Waals surface area contributed by atoms with Crippen LogP contribution in [-0.2, 0) is 13.5 Å². The highest BCUT2D eigenvalue weighted by molar-refractivity contribution is 9.10. The molecule has 0 fully saturated rings. The summed E-state index contributed by atoms with van der Waals surface area (Å²) in [5, 5.41) is 5.60. The molecule has 0 saturated carbocycles. The Morgan fingerprint density at radius 2 is 2.18 bits per heavy atom. The number of methoxy groups -OCH3 is 1. The summed E-state index contributed by atoms with van der Waals surface area (Å²) in [6.45, 7) is 4.43. The van der Waals surface area contributed by atoms with Crippen LogP contribution < -0.4 is 4.74 Å². The van der Waals surface area contributed by atoms with Gasteiger partial charge in [-0.05, 0) is 39.9 Å². The minimum absolute atomic E-state index is 0.612. The quantitative estimate of drug-likeness (QED) is 0.866. The van der Waals surface area contributed by atoms with Gasteiger partial charge in [0.05, 0.1) is 22.5 Å². The van der Waals surface area contributed by atoms with Crippen LogP contribution in [0.15, 0.2) is 16.7 Å². The first kappa shape index (κ1) is 12.4. The molecule has 3 nitrogen and oxygen atoms in total.